The van der Waals surface area contributed by atoms with Gasteiger partial charge in [0.05, 0.1) is 0 Å². The molecule has 0 amide bonds. The van der Waals surface area contributed by atoms with Gasteiger partial charge in [-0.15, -0.1) is 0 Å². The molecule has 0 saturated heterocycles. The van der Waals surface area contributed by atoms with Gasteiger partial charge >= 0.3 is 0 Å². The Bertz CT molecular complexity index is 511. The molecule has 0 fully saturated rings. The smallest absolute Gasteiger partial charge is 0.198 e. The van der Waals surface area contributed by atoms with Gasteiger partial charge in [0.2, 0.25) is 0 Å². The van der Waals surface area contributed by atoms with Crippen molar-refractivity contribution in [1.29, 1.82) is 5.41 Å². The molecule has 0 aliphatic carbocycles. The standard InChI is InChI=1S/C17H24N2O3/c1-2-14(16(22)11-20)5-3-4-12-6-8-13(9-7-12)10-15(21)17(18)19/h6-9,11,14-15,21H,2-5,10H2,1H3,(H3,18,19). The molecule has 0 aliphatic rings. The van der Waals surface area contributed by atoms with Crippen LogP contribution in [0.15, 0.2) is 24.3 Å². The van der Waals surface area contributed by atoms with Crippen LogP contribution in [0.5, 0.6) is 0 Å². The number of amidine groups is 1. The van der Waals surface area contributed by atoms with E-state index in [9.17, 15) is 14.7 Å². The Labute approximate surface area is 131 Å². The quantitative estimate of drug-likeness (QED) is 0.264. The first-order chi connectivity index (χ1) is 10.5. The third-order valence-corrected chi connectivity index (χ3v) is 3.84. The Morgan fingerprint density at radius 2 is 1.91 bits per heavy atom. The molecule has 0 heterocycles. The van der Waals surface area contributed by atoms with E-state index in [1.165, 1.54) is 0 Å². The number of aliphatic hydroxyl groups excluding tert-OH is 1. The normalized spacial score (nSPS) is 13.4. The van der Waals surface area contributed by atoms with Gasteiger partial charge in [-0.2, -0.15) is 0 Å². The number of Topliss-reactive ketones (excluding diaryl/α,β-unsaturated/α-hetero) is 1. The highest BCUT2D eigenvalue weighted by Gasteiger charge is 2.14. The van der Waals surface area contributed by atoms with Gasteiger partial charge < -0.3 is 10.8 Å². The molecule has 2 atom stereocenters. The number of hydrogen-bond donors (Lipinski definition) is 3. The van der Waals surface area contributed by atoms with Crippen LogP contribution in [0.25, 0.3) is 0 Å². The molecule has 1 aromatic rings. The summed E-state index contributed by atoms with van der Waals surface area (Å²) in [5, 5.41) is 16.7. The molecule has 5 heteroatoms. The number of benzene rings is 1. The summed E-state index contributed by atoms with van der Waals surface area (Å²) in [6.45, 7) is 1.92. The second-order valence-corrected chi connectivity index (χ2v) is 5.51. The maximum absolute atomic E-state index is 11.4. The number of ketones is 1. The number of nitrogens with one attached hydrogen (secondary N) is 1. The fraction of sp³-hybridized carbons (Fsp3) is 0.471. The lowest BCUT2D eigenvalue weighted by atomic mass is 9.93. The number of aryl methyl sites for hydroxylation is 1. The molecule has 0 aromatic heterocycles. The van der Waals surface area contributed by atoms with Gasteiger partial charge in [-0.3, -0.25) is 15.0 Å². The number of carbonyl (C=O) groups excluding carboxylic acids is 2. The van der Waals surface area contributed by atoms with Crippen LogP contribution >= 0.6 is 0 Å². The molecule has 5 nitrogen and oxygen atoms in total. The molecular formula is C17H24N2O3. The predicted octanol–water partition coefficient (Wildman–Crippen LogP) is 1.64. The summed E-state index contributed by atoms with van der Waals surface area (Å²) in [6, 6.07) is 7.78. The monoisotopic (exact) mass is 304 g/mol. The second kappa shape index (κ2) is 9.10. The van der Waals surface area contributed by atoms with E-state index in [0.717, 1.165) is 30.4 Å². The van der Waals surface area contributed by atoms with Gasteiger partial charge in [0, 0.05) is 12.3 Å². The molecule has 0 spiro atoms. The summed E-state index contributed by atoms with van der Waals surface area (Å²) in [7, 11) is 0. The fourth-order valence-corrected chi connectivity index (χ4v) is 2.37. The van der Waals surface area contributed by atoms with Gasteiger partial charge in [-0.1, -0.05) is 31.2 Å². The Morgan fingerprint density at radius 3 is 2.41 bits per heavy atom. The van der Waals surface area contributed by atoms with Crippen LogP contribution in [0.1, 0.15) is 37.3 Å². The van der Waals surface area contributed by atoms with Crippen LogP contribution in [0.3, 0.4) is 0 Å². The van der Waals surface area contributed by atoms with E-state index in [-0.39, 0.29) is 17.5 Å². The molecule has 0 saturated carbocycles. The Kier molecular flexibility index (Phi) is 7.46. The average molecular weight is 304 g/mol. The number of rotatable bonds is 10. The minimum atomic E-state index is -0.939. The second-order valence-electron chi connectivity index (χ2n) is 5.51. The van der Waals surface area contributed by atoms with E-state index in [1.54, 1.807) is 0 Å². The Hall–Kier alpha value is -2.01. The van der Waals surface area contributed by atoms with Gasteiger partial charge in [-0.05, 0) is 36.8 Å². The predicted molar refractivity (Wildman–Crippen MR) is 85.9 cm³/mol. The van der Waals surface area contributed by atoms with Gasteiger partial charge in [0.15, 0.2) is 12.1 Å². The largest absolute Gasteiger partial charge is 0.385 e. The van der Waals surface area contributed by atoms with Crippen molar-refractivity contribution < 1.29 is 14.7 Å². The van der Waals surface area contributed by atoms with Crippen LogP contribution in [0, 0.1) is 11.3 Å². The number of carbonyl (C=O) groups is 2. The van der Waals surface area contributed by atoms with Crippen molar-refractivity contribution in [2.75, 3.05) is 0 Å². The van der Waals surface area contributed by atoms with Crippen molar-refractivity contribution in [2.24, 2.45) is 11.7 Å². The lowest BCUT2D eigenvalue weighted by molar-refractivity contribution is -0.132. The SMILES string of the molecule is CCC(CCCc1ccc(CC(O)C(=N)N)cc1)C(=O)C=O. The van der Waals surface area contributed by atoms with Crippen LogP contribution in [0.2, 0.25) is 0 Å². The number of aldehydes is 1. The molecule has 4 N–H and O–H groups in total. The third kappa shape index (κ3) is 5.77. The van der Waals surface area contributed by atoms with Crippen molar-refractivity contribution in [3.05, 3.63) is 35.4 Å². The number of nitrogens with two attached hydrogens (primary N) is 1. The van der Waals surface area contributed by atoms with E-state index < -0.39 is 6.10 Å². The van der Waals surface area contributed by atoms with Crippen LogP contribution in [-0.4, -0.2) is 29.1 Å². The summed E-state index contributed by atoms with van der Waals surface area (Å²) < 4.78 is 0. The van der Waals surface area contributed by atoms with Crippen molar-refractivity contribution in [3.63, 3.8) is 0 Å². The zero-order chi connectivity index (χ0) is 16.5. The average Bonchev–Trinajstić information content (AvgIpc) is 2.52. The lowest BCUT2D eigenvalue weighted by Gasteiger charge is -2.11. The van der Waals surface area contributed by atoms with Crippen molar-refractivity contribution in [3.8, 4) is 0 Å². The third-order valence-electron chi connectivity index (χ3n) is 3.84. The topological polar surface area (TPSA) is 104 Å². The summed E-state index contributed by atoms with van der Waals surface area (Å²) in [4.78, 5) is 21.9. The molecule has 0 radical (unpaired) electrons. The molecule has 120 valence electrons. The highest BCUT2D eigenvalue weighted by molar-refractivity contribution is 6.25. The summed E-state index contributed by atoms with van der Waals surface area (Å²) in [5.74, 6) is -0.701. The first-order valence-corrected chi connectivity index (χ1v) is 7.56. The fourth-order valence-electron chi connectivity index (χ4n) is 2.37. The first-order valence-electron chi connectivity index (χ1n) is 7.56. The minimum absolute atomic E-state index is 0.164. The molecular weight excluding hydrogens is 280 g/mol. The van der Waals surface area contributed by atoms with E-state index in [2.05, 4.69) is 0 Å². The van der Waals surface area contributed by atoms with Gasteiger partial charge in [-0.25, -0.2) is 0 Å². The molecule has 1 aromatic carbocycles. The van der Waals surface area contributed by atoms with E-state index >= 15 is 0 Å². The summed E-state index contributed by atoms with van der Waals surface area (Å²) >= 11 is 0. The van der Waals surface area contributed by atoms with Crippen molar-refractivity contribution in [1.82, 2.24) is 0 Å². The molecule has 22 heavy (non-hydrogen) atoms. The van der Waals surface area contributed by atoms with Gasteiger partial charge in [0.1, 0.15) is 11.9 Å². The first kappa shape index (κ1) is 18.0. The van der Waals surface area contributed by atoms with E-state index in [4.69, 9.17) is 11.1 Å². The Balaban J connectivity index is 2.46. The van der Waals surface area contributed by atoms with Crippen LogP contribution in [0.4, 0.5) is 0 Å². The lowest BCUT2D eigenvalue weighted by Crippen LogP contribution is -2.29. The summed E-state index contributed by atoms with van der Waals surface area (Å²) in [5.41, 5.74) is 7.31. The van der Waals surface area contributed by atoms with Crippen molar-refractivity contribution in [2.45, 2.75) is 45.1 Å². The molecule has 0 aliphatic heterocycles. The molecule has 0 bridgehead atoms. The van der Waals surface area contributed by atoms with Crippen LogP contribution < -0.4 is 5.73 Å². The maximum Gasteiger partial charge on any atom is 0.198 e. The van der Waals surface area contributed by atoms with Crippen molar-refractivity contribution >= 4 is 17.9 Å². The summed E-state index contributed by atoms with van der Waals surface area (Å²) in [6.07, 6.45) is 2.93. The zero-order valence-corrected chi connectivity index (χ0v) is 12.9. The highest BCUT2D eigenvalue weighted by Crippen LogP contribution is 2.15. The van der Waals surface area contributed by atoms with E-state index in [1.807, 2.05) is 31.2 Å². The maximum atomic E-state index is 11.4. The molecule has 2 unspecified atom stereocenters. The minimum Gasteiger partial charge on any atom is -0.385 e. The van der Waals surface area contributed by atoms with Gasteiger partial charge in [0.25, 0.3) is 0 Å². The van der Waals surface area contributed by atoms with Crippen LogP contribution in [-0.2, 0) is 22.4 Å². The molecule has 1 rings (SSSR count). The highest BCUT2D eigenvalue weighted by atomic mass is 16.3. The number of aliphatic hydroxyl groups is 1. The zero-order valence-electron chi connectivity index (χ0n) is 12.9. The van der Waals surface area contributed by atoms with E-state index in [0.29, 0.717) is 19.1 Å². The Morgan fingerprint density at radius 1 is 1.32 bits per heavy atom. The number of hydrogen-bond acceptors (Lipinski definition) is 4.